The van der Waals surface area contributed by atoms with E-state index in [9.17, 15) is 19.2 Å². The predicted molar refractivity (Wildman–Crippen MR) is 100 cm³/mol. The first-order valence-corrected chi connectivity index (χ1v) is 9.03. The highest BCUT2D eigenvalue weighted by Crippen LogP contribution is 2.23. The zero-order valence-corrected chi connectivity index (χ0v) is 15.6. The van der Waals surface area contributed by atoms with Crippen molar-refractivity contribution in [2.75, 3.05) is 19.3 Å². The molecule has 0 fully saturated rings. The van der Waals surface area contributed by atoms with Crippen molar-refractivity contribution >= 4 is 49.3 Å². The van der Waals surface area contributed by atoms with Crippen molar-refractivity contribution in [2.45, 2.75) is 24.1 Å². The molecule has 1 heterocycles. The molecule has 134 valence electrons. The summed E-state index contributed by atoms with van der Waals surface area (Å²) in [6.07, 6.45) is 1.51. The number of carbonyl (C=O) groups excluding carboxylic acids is 4. The summed E-state index contributed by atoms with van der Waals surface area (Å²) in [7, 11) is 1.53. The molecule has 1 aliphatic heterocycles. The number of hydrogen-bond acceptors (Lipinski definition) is 6. The minimum absolute atomic E-state index is 0.226. The van der Waals surface area contributed by atoms with E-state index >= 15 is 0 Å². The summed E-state index contributed by atoms with van der Waals surface area (Å²) in [4.78, 5) is 50.2. The maximum Gasteiger partial charge on any atom is 0.261 e. The molecule has 3 amide bonds. The van der Waals surface area contributed by atoms with Crippen LogP contribution in [0.3, 0.4) is 0 Å². The molecule has 0 saturated carbocycles. The molecule has 0 aliphatic carbocycles. The molecule has 6 nitrogen and oxygen atoms in total. The molecule has 0 saturated heterocycles. The SMILES string of the molecule is CN(C(=O)[C@@H](S)CCCN1C(=O)c2ccccc2C1=O)C(C=O)CS. The Morgan fingerprint density at radius 2 is 1.80 bits per heavy atom. The molecule has 0 bridgehead atoms. The Morgan fingerprint density at radius 1 is 1.24 bits per heavy atom. The highest BCUT2D eigenvalue weighted by atomic mass is 32.1. The van der Waals surface area contributed by atoms with E-state index in [1.807, 2.05) is 0 Å². The Balaban J connectivity index is 1.89. The molecule has 1 unspecified atom stereocenters. The molecular formula is C17H20N2O4S2. The highest BCUT2D eigenvalue weighted by molar-refractivity contribution is 7.81. The lowest BCUT2D eigenvalue weighted by molar-refractivity contribution is -0.133. The average Bonchev–Trinajstić information content (AvgIpc) is 2.87. The topological polar surface area (TPSA) is 74.8 Å². The van der Waals surface area contributed by atoms with Crippen molar-refractivity contribution < 1.29 is 19.2 Å². The normalized spacial score (nSPS) is 15.7. The molecule has 0 N–H and O–H groups in total. The predicted octanol–water partition coefficient (Wildman–Crippen LogP) is 1.32. The number of hydrogen-bond donors (Lipinski definition) is 2. The van der Waals surface area contributed by atoms with Crippen LogP contribution in [-0.2, 0) is 9.59 Å². The van der Waals surface area contributed by atoms with Gasteiger partial charge in [0.15, 0.2) is 0 Å². The van der Waals surface area contributed by atoms with Crippen molar-refractivity contribution in [3.8, 4) is 0 Å². The van der Waals surface area contributed by atoms with E-state index in [2.05, 4.69) is 25.3 Å². The number of imide groups is 1. The summed E-state index contributed by atoms with van der Waals surface area (Å²) in [5.74, 6) is -0.662. The van der Waals surface area contributed by atoms with E-state index in [0.717, 1.165) is 0 Å². The summed E-state index contributed by atoms with van der Waals surface area (Å²) in [5.41, 5.74) is 0.821. The van der Waals surface area contributed by atoms with Gasteiger partial charge in [0.1, 0.15) is 6.29 Å². The quantitative estimate of drug-likeness (QED) is 0.405. The van der Waals surface area contributed by atoms with E-state index in [4.69, 9.17) is 0 Å². The van der Waals surface area contributed by atoms with Gasteiger partial charge in [0, 0.05) is 19.3 Å². The van der Waals surface area contributed by atoms with Crippen molar-refractivity contribution in [3.05, 3.63) is 35.4 Å². The van der Waals surface area contributed by atoms with E-state index in [1.165, 1.54) is 16.8 Å². The van der Waals surface area contributed by atoms with Crippen LogP contribution in [0.1, 0.15) is 33.6 Å². The first kappa shape index (κ1) is 19.5. The molecule has 0 spiro atoms. The third kappa shape index (κ3) is 4.07. The summed E-state index contributed by atoms with van der Waals surface area (Å²) >= 11 is 8.33. The minimum Gasteiger partial charge on any atom is -0.334 e. The fourth-order valence-corrected chi connectivity index (χ4v) is 3.36. The van der Waals surface area contributed by atoms with Crippen LogP contribution in [0.4, 0.5) is 0 Å². The van der Waals surface area contributed by atoms with Crippen LogP contribution in [0.25, 0.3) is 0 Å². The number of rotatable bonds is 8. The number of nitrogens with zero attached hydrogens (tertiary/aromatic N) is 2. The second-order valence-electron chi connectivity index (χ2n) is 5.80. The van der Waals surface area contributed by atoms with Gasteiger partial charge in [0.25, 0.3) is 11.8 Å². The first-order valence-electron chi connectivity index (χ1n) is 7.88. The maximum atomic E-state index is 12.3. The Bertz CT molecular complexity index is 660. The fourth-order valence-electron chi connectivity index (χ4n) is 2.66. The fraction of sp³-hybridized carbons (Fsp3) is 0.412. The second-order valence-corrected chi connectivity index (χ2v) is 6.79. The largest absolute Gasteiger partial charge is 0.334 e. The van der Waals surface area contributed by atoms with Crippen molar-refractivity contribution in [1.29, 1.82) is 0 Å². The monoisotopic (exact) mass is 380 g/mol. The van der Waals surface area contributed by atoms with Crippen molar-refractivity contribution in [3.63, 3.8) is 0 Å². The summed E-state index contributed by atoms with van der Waals surface area (Å²) in [6, 6.07) is 6.11. The van der Waals surface area contributed by atoms with E-state index in [-0.39, 0.29) is 30.0 Å². The first-order chi connectivity index (χ1) is 11.9. The molecular weight excluding hydrogens is 360 g/mol. The van der Waals surface area contributed by atoms with Gasteiger partial charge in [-0.05, 0) is 25.0 Å². The molecule has 2 atom stereocenters. The van der Waals surface area contributed by atoms with Crippen LogP contribution in [0, 0.1) is 0 Å². The van der Waals surface area contributed by atoms with Crippen LogP contribution < -0.4 is 0 Å². The molecule has 1 aliphatic rings. The van der Waals surface area contributed by atoms with Crippen LogP contribution in [-0.4, -0.2) is 64.4 Å². The van der Waals surface area contributed by atoms with Crippen molar-refractivity contribution in [1.82, 2.24) is 9.80 Å². The van der Waals surface area contributed by atoms with Crippen molar-refractivity contribution in [2.24, 2.45) is 0 Å². The Hall–Kier alpha value is -1.80. The van der Waals surface area contributed by atoms with E-state index in [1.54, 1.807) is 24.3 Å². The molecule has 2 rings (SSSR count). The highest BCUT2D eigenvalue weighted by Gasteiger charge is 2.34. The maximum absolute atomic E-state index is 12.3. The Labute approximate surface area is 157 Å². The molecule has 0 aromatic heterocycles. The number of carbonyl (C=O) groups is 4. The number of benzene rings is 1. The van der Waals surface area contributed by atoms with Crippen LogP contribution in [0.5, 0.6) is 0 Å². The third-order valence-corrected chi connectivity index (χ3v) is 5.06. The number of likely N-dealkylation sites (N-methyl/N-ethyl adjacent to an activating group) is 1. The van der Waals surface area contributed by atoms with Gasteiger partial charge in [0.05, 0.1) is 22.4 Å². The molecule has 1 aromatic rings. The summed E-state index contributed by atoms with van der Waals surface area (Å²) in [5, 5.41) is -0.609. The third-order valence-electron chi connectivity index (χ3n) is 4.21. The standard InChI is InChI=1S/C17H20N2O4S2/c1-18(11(9-20)10-24)17(23)14(25)7-4-8-19-15(21)12-5-2-3-6-13(12)16(19)22/h2-3,5-6,9,11,14,24-25H,4,7-8,10H2,1H3/t11?,14-/m0/s1. The smallest absolute Gasteiger partial charge is 0.261 e. The zero-order chi connectivity index (χ0) is 18.6. The van der Waals surface area contributed by atoms with Crippen LogP contribution >= 0.6 is 25.3 Å². The number of fused-ring (bicyclic) bond motifs is 1. The number of thiol groups is 2. The van der Waals surface area contributed by atoms with Gasteiger partial charge >= 0.3 is 0 Å². The van der Waals surface area contributed by atoms with E-state index in [0.29, 0.717) is 30.3 Å². The second kappa shape index (κ2) is 8.53. The summed E-state index contributed by atoms with van der Waals surface area (Å²) < 4.78 is 0. The average molecular weight is 380 g/mol. The van der Waals surface area contributed by atoms with Gasteiger partial charge in [-0.15, -0.1) is 0 Å². The van der Waals surface area contributed by atoms with Crippen LogP contribution in [0.15, 0.2) is 24.3 Å². The van der Waals surface area contributed by atoms with Gasteiger partial charge < -0.3 is 9.69 Å². The molecule has 8 heteroatoms. The Kier molecular flexibility index (Phi) is 6.66. The minimum atomic E-state index is -0.609. The van der Waals surface area contributed by atoms with Gasteiger partial charge in [-0.1, -0.05) is 12.1 Å². The molecule has 25 heavy (non-hydrogen) atoms. The lowest BCUT2D eigenvalue weighted by atomic mass is 10.1. The van der Waals surface area contributed by atoms with Gasteiger partial charge in [-0.25, -0.2) is 0 Å². The number of aldehydes is 1. The van der Waals surface area contributed by atoms with Gasteiger partial charge in [-0.3, -0.25) is 19.3 Å². The Morgan fingerprint density at radius 3 is 2.28 bits per heavy atom. The molecule has 0 radical (unpaired) electrons. The summed E-state index contributed by atoms with van der Waals surface area (Å²) in [6.45, 7) is 0.226. The lowest BCUT2D eigenvalue weighted by Crippen LogP contribution is -2.43. The zero-order valence-electron chi connectivity index (χ0n) is 13.8. The van der Waals surface area contributed by atoms with E-state index < -0.39 is 11.3 Å². The van der Waals surface area contributed by atoms with Gasteiger partial charge in [0.2, 0.25) is 5.91 Å². The van der Waals surface area contributed by atoms with Crippen LogP contribution in [0.2, 0.25) is 0 Å². The molecule has 1 aromatic carbocycles. The number of amides is 3. The van der Waals surface area contributed by atoms with Gasteiger partial charge in [-0.2, -0.15) is 25.3 Å². The lowest BCUT2D eigenvalue weighted by Gasteiger charge is -2.25.